The Bertz CT molecular complexity index is 461. The molecule has 1 aromatic carbocycles. The minimum absolute atomic E-state index is 0.0000534. The van der Waals surface area contributed by atoms with Crippen molar-refractivity contribution in [1.82, 2.24) is 5.32 Å². The lowest BCUT2D eigenvalue weighted by Gasteiger charge is -2.10. The van der Waals surface area contributed by atoms with Gasteiger partial charge in [0.2, 0.25) is 11.8 Å². The van der Waals surface area contributed by atoms with E-state index in [1.54, 1.807) is 18.2 Å². The SMILES string of the molecule is CC(C)NC(=O)CC(=O)Nc1cccc(Cl)c1Cl. The number of hydrogen-bond donors (Lipinski definition) is 2. The number of hydrogen-bond acceptors (Lipinski definition) is 2. The molecule has 0 aliphatic heterocycles. The summed E-state index contributed by atoms with van der Waals surface area (Å²) in [6.07, 6.45) is -0.249. The highest BCUT2D eigenvalue weighted by Gasteiger charge is 2.12. The average Bonchev–Trinajstić information content (AvgIpc) is 2.23. The summed E-state index contributed by atoms with van der Waals surface area (Å²) >= 11 is 11.7. The Hall–Kier alpha value is -1.26. The van der Waals surface area contributed by atoms with E-state index in [9.17, 15) is 9.59 Å². The van der Waals surface area contributed by atoms with E-state index in [2.05, 4.69) is 10.6 Å². The first-order valence-corrected chi connectivity index (χ1v) is 6.19. The smallest absolute Gasteiger partial charge is 0.233 e. The summed E-state index contributed by atoms with van der Waals surface area (Å²) in [5, 5.41) is 5.77. The molecule has 1 rings (SSSR count). The van der Waals surface area contributed by atoms with Gasteiger partial charge in [0.05, 0.1) is 15.7 Å². The van der Waals surface area contributed by atoms with E-state index in [0.717, 1.165) is 0 Å². The molecule has 2 amide bonds. The van der Waals surface area contributed by atoms with Crippen molar-refractivity contribution in [3.8, 4) is 0 Å². The Kier molecular flexibility index (Phi) is 5.44. The van der Waals surface area contributed by atoms with Gasteiger partial charge in [-0.25, -0.2) is 0 Å². The minimum Gasteiger partial charge on any atom is -0.353 e. The number of anilines is 1. The van der Waals surface area contributed by atoms with Crippen LogP contribution in [0.15, 0.2) is 18.2 Å². The summed E-state index contributed by atoms with van der Waals surface area (Å²) in [5.41, 5.74) is 0.395. The highest BCUT2D eigenvalue weighted by Crippen LogP contribution is 2.29. The van der Waals surface area contributed by atoms with E-state index >= 15 is 0 Å². The summed E-state index contributed by atoms with van der Waals surface area (Å²) in [5.74, 6) is -0.766. The Balaban J connectivity index is 2.60. The van der Waals surface area contributed by atoms with Crippen molar-refractivity contribution < 1.29 is 9.59 Å². The zero-order chi connectivity index (χ0) is 13.7. The van der Waals surface area contributed by atoms with Crippen LogP contribution in [0, 0.1) is 0 Å². The molecule has 0 aliphatic rings. The molecule has 0 aliphatic carbocycles. The standard InChI is InChI=1S/C12H14Cl2N2O2/c1-7(2)15-10(17)6-11(18)16-9-5-3-4-8(13)12(9)14/h3-5,7H,6H2,1-2H3,(H,15,17)(H,16,18). The number of benzene rings is 1. The van der Waals surface area contributed by atoms with Crippen LogP contribution in [0.25, 0.3) is 0 Å². The predicted octanol–water partition coefficient (Wildman–Crippen LogP) is 2.85. The first-order chi connectivity index (χ1) is 8.40. The first-order valence-electron chi connectivity index (χ1n) is 5.43. The first kappa shape index (κ1) is 14.8. The summed E-state index contributed by atoms with van der Waals surface area (Å²) in [6.45, 7) is 3.65. The van der Waals surface area contributed by atoms with Crippen LogP contribution in [-0.4, -0.2) is 17.9 Å². The second kappa shape index (κ2) is 6.61. The lowest BCUT2D eigenvalue weighted by Crippen LogP contribution is -2.33. The molecule has 0 fully saturated rings. The zero-order valence-corrected chi connectivity index (χ0v) is 11.6. The maximum atomic E-state index is 11.6. The van der Waals surface area contributed by atoms with Crippen molar-refractivity contribution >= 4 is 40.7 Å². The normalized spacial score (nSPS) is 10.3. The second-order valence-electron chi connectivity index (χ2n) is 4.05. The molecule has 0 heterocycles. The van der Waals surface area contributed by atoms with Gasteiger partial charge in [0, 0.05) is 6.04 Å². The van der Waals surface area contributed by atoms with Gasteiger partial charge in [0.15, 0.2) is 0 Å². The van der Waals surface area contributed by atoms with Crippen molar-refractivity contribution in [3.05, 3.63) is 28.2 Å². The molecule has 4 nitrogen and oxygen atoms in total. The third-order valence-electron chi connectivity index (χ3n) is 2.00. The fourth-order valence-electron chi connectivity index (χ4n) is 1.31. The monoisotopic (exact) mass is 288 g/mol. The van der Waals surface area contributed by atoms with Crippen LogP contribution in [0.5, 0.6) is 0 Å². The minimum atomic E-state index is -0.433. The van der Waals surface area contributed by atoms with Crippen LogP contribution < -0.4 is 10.6 Å². The van der Waals surface area contributed by atoms with E-state index in [1.165, 1.54) is 0 Å². The number of nitrogens with one attached hydrogen (secondary N) is 2. The van der Waals surface area contributed by atoms with Crippen LogP contribution in [0.4, 0.5) is 5.69 Å². The Labute approximate surface area is 116 Å². The molecule has 98 valence electrons. The zero-order valence-electron chi connectivity index (χ0n) is 10.1. The van der Waals surface area contributed by atoms with Crippen LogP contribution >= 0.6 is 23.2 Å². The maximum Gasteiger partial charge on any atom is 0.233 e. The highest BCUT2D eigenvalue weighted by atomic mass is 35.5. The summed E-state index contributed by atoms with van der Waals surface area (Å²) in [4.78, 5) is 23.0. The fraction of sp³-hybridized carbons (Fsp3) is 0.333. The molecule has 6 heteroatoms. The van der Waals surface area contributed by atoms with Gasteiger partial charge in [-0.2, -0.15) is 0 Å². The van der Waals surface area contributed by atoms with Crippen LogP contribution in [-0.2, 0) is 9.59 Å². The molecule has 0 radical (unpaired) electrons. The van der Waals surface area contributed by atoms with Crippen LogP contribution in [0.2, 0.25) is 10.0 Å². The van der Waals surface area contributed by atoms with Gasteiger partial charge in [0.25, 0.3) is 0 Å². The lowest BCUT2D eigenvalue weighted by atomic mass is 10.3. The average molecular weight is 289 g/mol. The third-order valence-corrected chi connectivity index (χ3v) is 2.82. The van der Waals surface area contributed by atoms with Gasteiger partial charge in [-0.15, -0.1) is 0 Å². The maximum absolute atomic E-state index is 11.6. The summed E-state index contributed by atoms with van der Waals surface area (Å²) in [7, 11) is 0. The molecule has 0 spiro atoms. The quantitative estimate of drug-likeness (QED) is 0.837. The Morgan fingerprint density at radius 1 is 1.22 bits per heavy atom. The van der Waals surface area contributed by atoms with Crippen molar-refractivity contribution in [2.24, 2.45) is 0 Å². The van der Waals surface area contributed by atoms with Crippen molar-refractivity contribution in [2.45, 2.75) is 26.3 Å². The van der Waals surface area contributed by atoms with E-state index in [4.69, 9.17) is 23.2 Å². The van der Waals surface area contributed by atoms with Gasteiger partial charge in [-0.1, -0.05) is 29.3 Å². The largest absolute Gasteiger partial charge is 0.353 e. The Morgan fingerprint density at radius 2 is 1.89 bits per heavy atom. The molecule has 0 saturated carbocycles. The molecule has 0 saturated heterocycles. The van der Waals surface area contributed by atoms with Crippen molar-refractivity contribution in [3.63, 3.8) is 0 Å². The van der Waals surface area contributed by atoms with Gasteiger partial charge >= 0.3 is 0 Å². The van der Waals surface area contributed by atoms with Crippen LogP contribution in [0.1, 0.15) is 20.3 Å². The number of carbonyl (C=O) groups is 2. The van der Waals surface area contributed by atoms with Gasteiger partial charge in [0.1, 0.15) is 6.42 Å². The van der Waals surface area contributed by atoms with E-state index in [-0.39, 0.29) is 23.4 Å². The summed E-state index contributed by atoms with van der Waals surface area (Å²) in [6, 6.07) is 4.90. The van der Waals surface area contributed by atoms with E-state index < -0.39 is 5.91 Å². The lowest BCUT2D eigenvalue weighted by molar-refractivity contribution is -0.127. The van der Waals surface area contributed by atoms with Gasteiger partial charge < -0.3 is 10.6 Å². The molecule has 0 unspecified atom stereocenters. The molecule has 0 atom stereocenters. The third kappa shape index (κ3) is 4.55. The van der Waals surface area contributed by atoms with Crippen LogP contribution in [0.3, 0.4) is 0 Å². The molecule has 0 bridgehead atoms. The highest BCUT2D eigenvalue weighted by molar-refractivity contribution is 6.44. The number of halogens is 2. The number of amides is 2. The molecule has 2 N–H and O–H groups in total. The van der Waals surface area contributed by atoms with Gasteiger partial charge in [-0.3, -0.25) is 9.59 Å². The molecule has 18 heavy (non-hydrogen) atoms. The molecule has 0 aromatic heterocycles. The molecule has 1 aromatic rings. The topological polar surface area (TPSA) is 58.2 Å². The van der Waals surface area contributed by atoms with E-state index in [1.807, 2.05) is 13.8 Å². The van der Waals surface area contributed by atoms with Crippen molar-refractivity contribution in [2.75, 3.05) is 5.32 Å². The number of carbonyl (C=O) groups excluding carboxylic acids is 2. The van der Waals surface area contributed by atoms with Crippen molar-refractivity contribution in [1.29, 1.82) is 0 Å². The number of rotatable bonds is 4. The second-order valence-corrected chi connectivity index (χ2v) is 4.83. The predicted molar refractivity (Wildman–Crippen MR) is 73.0 cm³/mol. The summed E-state index contributed by atoms with van der Waals surface area (Å²) < 4.78 is 0. The molecular weight excluding hydrogens is 275 g/mol. The van der Waals surface area contributed by atoms with Gasteiger partial charge in [-0.05, 0) is 26.0 Å². The Morgan fingerprint density at radius 3 is 2.50 bits per heavy atom. The van der Waals surface area contributed by atoms with E-state index in [0.29, 0.717) is 10.7 Å². The fourth-order valence-corrected chi connectivity index (χ4v) is 1.66. The molecular formula is C12H14Cl2N2O2.